The fourth-order valence-electron chi connectivity index (χ4n) is 15.2. The number of hydrogen-bond donors (Lipinski definition) is 5. The maximum absolute atomic E-state index is 17.1. The third-order valence-corrected chi connectivity index (χ3v) is 18.0. The molecular weight excluding hydrogens is 785 g/mol. The minimum atomic E-state index is -2.24. The smallest absolute Gasteiger partial charge is 0.193 e. The van der Waals surface area contributed by atoms with Gasteiger partial charge in [-0.25, -0.2) is 13.2 Å². The maximum Gasteiger partial charge on any atom is 0.193 e. The van der Waals surface area contributed by atoms with Gasteiger partial charge in [-0.15, -0.1) is 0 Å². The third kappa shape index (κ3) is 5.04. The summed E-state index contributed by atoms with van der Waals surface area (Å²) in [4.78, 5) is 49.4. The van der Waals surface area contributed by atoms with Crippen molar-refractivity contribution < 1.29 is 67.4 Å². The van der Waals surface area contributed by atoms with E-state index in [1.54, 1.807) is 47.6 Å². The molecule has 17 atom stereocenters. The van der Waals surface area contributed by atoms with E-state index in [1.807, 2.05) is 0 Å². The van der Waals surface area contributed by atoms with Gasteiger partial charge in [0.15, 0.2) is 45.9 Å². The number of hydrogen-bond acceptors (Lipinski definition) is 11. The summed E-state index contributed by atoms with van der Waals surface area (Å²) in [6, 6.07) is 0. The Labute approximate surface area is 348 Å². The fourth-order valence-corrected chi connectivity index (χ4v) is 15.2. The van der Waals surface area contributed by atoms with Gasteiger partial charge in [0.2, 0.25) is 0 Å². The topological polar surface area (TPSA) is 188 Å². The number of carbonyl (C=O) groups is 4. The van der Waals surface area contributed by atoms with E-state index in [2.05, 4.69) is 0 Å². The number of ketones is 4. The quantitative estimate of drug-likeness (QED) is 0.272. The van der Waals surface area contributed by atoms with Gasteiger partial charge < -0.3 is 35.0 Å². The zero-order valence-electron chi connectivity index (χ0n) is 35.3. The van der Waals surface area contributed by atoms with Gasteiger partial charge in [-0.1, -0.05) is 38.5 Å². The molecule has 9 rings (SSSR count). The van der Waals surface area contributed by atoms with Gasteiger partial charge in [-0.05, 0) is 120 Å². The van der Waals surface area contributed by atoms with E-state index in [-0.39, 0.29) is 43.0 Å². The number of allylic oxidation sites excluding steroid dienone is 8. The van der Waals surface area contributed by atoms with Crippen molar-refractivity contribution in [3.8, 4) is 0 Å². The lowest BCUT2D eigenvalue weighted by Crippen LogP contribution is -2.71. The van der Waals surface area contributed by atoms with Crippen LogP contribution in [0.25, 0.3) is 0 Å². The number of Topliss-reactive ketones (excluding diaryl/α,β-unsaturated/α-hetero) is 2. The first-order valence-corrected chi connectivity index (χ1v) is 21.4. The highest BCUT2D eigenvalue weighted by atomic mass is 19.2. The van der Waals surface area contributed by atoms with Crippen molar-refractivity contribution >= 4 is 23.1 Å². The predicted molar refractivity (Wildman–Crippen MR) is 209 cm³/mol. The van der Waals surface area contributed by atoms with Gasteiger partial charge in [-0.3, -0.25) is 19.2 Å². The summed E-state index contributed by atoms with van der Waals surface area (Å²) in [7, 11) is 0. The Morgan fingerprint density at radius 2 is 1.32 bits per heavy atom. The molecule has 330 valence electrons. The molecule has 0 amide bonds. The first-order valence-electron chi connectivity index (χ1n) is 21.4. The number of halogens is 3. The van der Waals surface area contributed by atoms with E-state index in [0.717, 1.165) is 6.08 Å². The Morgan fingerprint density at radius 1 is 0.767 bits per heavy atom. The van der Waals surface area contributed by atoms with Gasteiger partial charge in [-0.2, -0.15) is 0 Å². The second-order valence-electron chi connectivity index (χ2n) is 20.8. The summed E-state index contributed by atoms with van der Waals surface area (Å²) < 4.78 is 61.7. The molecule has 0 aromatic rings. The van der Waals surface area contributed by atoms with Crippen LogP contribution in [0.3, 0.4) is 0 Å². The zero-order chi connectivity index (χ0) is 44.2. The van der Waals surface area contributed by atoms with Gasteiger partial charge in [0, 0.05) is 33.5 Å². The largest absolute Gasteiger partial charge is 0.390 e. The average Bonchev–Trinajstić information content (AvgIpc) is 3.68. The lowest BCUT2D eigenvalue weighted by Gasteiger charge is -2.63. The summed E-state index contributed by atoms with van der Waals surface area (Å²) >= 11 is 0. The number of carbonyl (C=O) groups excluding carboxylic acids is 4. The Bertz CT molecular complexity index is 2050. The number of ether oxygens (including phenoxy) is 2. The maximum atomic E-state index is 17.1. The normalized spacial score (nSPS) is 52.9. The van der Waals surface area contributed by atoms with Crippen LogP contribution in [0.5, 0.6) is 0 Å². The standard InChI is InChI=1S/C24H30F2O6.C22H29FO5/c1-20(2)31-19-9-13-14-8-16(25)15-7-12(28)5-6-21(15,3)23(14,26)17(29)10-22(13,4)24(19,32-20)18(30)11-27;1-12-8-16-15-5-4-13-9-14(25)6-7-19(13,2)21(15,23)17(26)10-20(16,3)22(12,28)18(27)11-24/h5-7,13-14,16-17,19,27,29H,8-11H2,1-4H3;6-7,9,12,15-17,24,26,28H,4-5,8,10-11H2,1-3H3/t13-,14-,16-,17-,19+,21-,22-,23-,24+;12-,15+,16+,17+,19+,20+,21+,22+/m01/s1. The van der Waals surface area contributed by atoms with Crippen LogP contribution in [-0.4, -0.2) is 115 Å². The van der Waals surface area contributed by atoms with E-state index in [1.165, 1.54) is 31.2 Å². The molecule has 0 radical (unpaired) electrons. The van der Waals surface area contributed by atoms with Crippen molar-refractivity contribution in [2.75, 3.05) is 13.2 Å². The summed E-state index contributed by atoms with van der Waals surface area (Å²) in [5.74, 6) is -5.65. The number of fused-ring (bicyclic) bond motifs is 12. The molecule has 1 heterocycles. The lowest BCUT2D eigenvalue weighted by molar-refractivity contribution is -0.248. The van der Waals surface area contributed by atoms with Gasteiger partial charge in [0.05, 0.1) is 18.3 Å². The van der Waals surface area contributed by atoms with Crippen molar-refractivity contribution in [2.45, 2.75) is 146 Å². The highest BCUT2D eigenvalue weighted by molar-refractivity contribution is 6.02. The van der Waals surface area contributed by atoms with Crippen LogP contribution in [-0.2, 0) is 28.7 Å². The molecule has 0 bridgehead atoms. The Kier molecular flexibility index (Phi) is 9.73. The molecular formula is C46H59F3O11. The summed E-state index contributed by atoms with van der Waals surface area (Å²) in [5.41, 5.74) is -11.5. The van der Waals surface area contributed by atoms with Gasteiger partial charge in [0.25, 0.3) is 0 Å². The molecule has 0 unspecified atom stereocenters. The fraction of sp³-hybridized carbons (Fsp3) is 0.739. The third-order valence-electron chi connectivity index (χ3n) is 18.0. The van der Waals surface area contributed by atoms with Crippen LogP contribution >= 0.6 is 0 Å². The SMILES string of the molecule is CC1(C)O[C@@H]2C[C@H]3[C@@H]4C[C@H](F)C5=CC(=O)C=C[C@]5(C)[C@@]4(F)[C@@H](O)C[C@]3(C)[C@]2(C(=O)CO)O1.C[C@@H]1C[C@H]2[C@@H]3CCC4=CC(=O)C=C[C@]4(C)[C@@]3(F)[C@@H](O)C[C@]2(C)[C@@]1(O)C(=O)CO. The van der Waals surface area contributed by atoms with E-state index in [0.29, 0.717) is 24.8 Å². The molecule has 0 spiro atoms. The zero-order valence-corrected chi connectivity index (χ0v) is 35.3. The number of aliphatic hydroxyl groups is 5. The monoisotopic (exact) mass is 844 g/mol. The molecule has 11 nitrogen and oxygen atoms in total. The average molecular weight is 845 g/mol. The van der Waals surface area contributed by atoms with Crippen LogP contribution in [0.15, 0.2) is 47.6 Å². The minimum Gasteiger partial charge on any atom is -0.390 e. The second kappa shape index (κ2) is 13.3. The number of alkyl halides is 3. The second-order valence-corrected chi connectivity index (χ2v) is 20.8. The molecule has 1 saturated heterocycles. The first-order chi connectivity index (χ1) is 27.7. The van der Waals surface area contributed by atoms with Crippen molar-refractivity contribution in [2.24, 2.45) is 51.2 Å². The predicted octanol–water partition coefficient (Wildman–Crippen LogP) is 4.26. The van der Waals surface area contributed by atoms with Gasteiger partial charge in [0.1, 0.15) is 25.0 Å². The van der Waals surface area contributed by atoms with Crippen LogP contribution in [0, 0.1) is 51.2 Å². The number of aliphatic hydroxyl groups excluding tert-OH is 4. The summed E-state index contributed by atoms with van der Waals surface area (Å²) in [5, 5.41) is 53.1. The van der Waals surface area contributed by atoms with Crippen molar-refractivity contribution in [3.63, 3.8) is 0 Å². The molecule has 14 heteroatoms. The molecule has 8 aliphatic carbocycles. The van der Waals surface area contributed by atoms with Crippen LogP contribution < -0.4 is 0 Å². The molecule has 0 aromatic carbocycles. The highest BCUT2D eigenvalue weighted by Gasteiger charge is 2.81. The van der Waals surface area contributed by atoms with Crippen molar-refractivity contribution in [3.05, 3.63) is 47.6 Å². The van der Waals surface area contributed by atoms with Crippen molar-refractivity contribution in [1.82, 2.24) is 0 Å². The van der Waals surface area contributed by atoms with Crippen LogP contribution in [0.2, 0.25) is 0 Å². The van der Waals surface area contributed by atoms with E-state index >= 15 is 13.2 Å². The molecule has 7 fully saturated rings. The minimum absolute atomic E-state index is 0.0550. The first kappa shape index (κ1) is 43.8. The Morgan fingerprint density at radius 3 is 1.93 bits per heavy atom. The lowest BCUT2D eigenvalue weighted by atomic mass is 9.44. The molecule has 6 saturated carbocycles. The molecule has 9 aliphatic rings. The summed E-state index contributed by atoms with van der Waals surface area (Å²) in [6.45, 7) is 10.4. The number of rotatable bonds is 4. The Hall–Kier alpha value is -2.85. The molecule has 5 N–H and O–H groups in total. The molecule has 0 aromatic heterocycles. The van der Waals surface area contributed by atoms with Gasteiger partial charge >= 0.3 is 0 Å². The Balaban J connectivity index is 0.000000168. The van der Waals surface area contributed by atoms with E-state index in [9.17, 15) is 44.7 Å². The summed E-state index contributed by atoms with van der Waals surface area (Å²) in [6.07, 6.45) is 4.29. The van der Waals surface area contributed by atoms with E-state index < -0.39 is 129 Å². The van der Waals surface area contributed by atoms with Crippen LogP contribution in [0.1, 0.15) is 93.4 Å². The highest BCUT2D eigenvalue weighted by Crippen LogP contribution is 2.73. The molecule has 60 heavy (non-hydrogen) atoms. The molecule has 1 aliphatic heterocycles. The van der Waals surface area contributed by atoms with Crippen molar-refractivity contribution in [1.29, 1.82) is 0 Å². The van der Waals surface area contributed by atoms with E-state index in [4.69, 9.17) is 9.47 Å². The van der Waals surface area contributed by atoms with Crippen LogP contribution in [0.4, 0.5) is 13.2 Å².